The quantitative estimate of drug-likeness (QED) is 0.859. The van der Waals surface area contributed by atoms with Crippen LogP contribution in [0.15, 0.2) is 29.3 Å². The molecule has 0 N–H and O–H groups in total. The number of nitrogens with zero attached hydrogens (tertiary/aromatic N) is 2. The van der Waals surface area contributed by atoms with Crippen LogP contribution in [0, 0.1) is 0 Å². The maximum Gasteiger partial charge on any atom is 0.409 e. The molecule has 0 bridgehead atoms. The molecular formula is C13H14N2O2S2. The number of cyclic esters (lactones) is 1. The van der Waals surface area contributed by atoms with Gasteiger partial charge in [-0.1, -0.05) is 41.7 Å². The van der Waals surface area contributed by atoms with Crippen LogP contribution in [0.1, 0.15) is 5.56 Å². The molecule has 2 aliphatic heterocycles. The number of rotatable bonds is 3. The molecule has 6 heteroatoms. The molecule has 1 amide bonds. The highest BCUT2D eigenvalue weighted by atomic mass is 32.2. The minimum absolute atomic E-state index is 0.191. The lowest BCUT2D eigenvalue weighted by atomic mass is 10.2. The number of para-hydroxylation sites is 1. The van der Waals surface area contributed by atoms with Crippen molar-refractivity contribution in [3.8, 4) is 0 Å². The molecule has 1 aromatic rings. The first-order valence-electron chi connectivity index (χ1n) is 6.17. The number of ether oxygens (including phenoxy) is 1. The van der Waals surface area contributed by atoms with Crippen molar-refractivity contribution in [2.24, 2.45) is 4.99 Å². The van der Waals surface area contributed by atoms with Crippen molar-refractivity contribution in [1.29, 1.82) is 0 Å². The van der Waals surface area contributed by atoms with E-state index >= 15 is 0 Å². The number of carbonyl (C=O) groups excluding carboxylic acids is 1. The Morgan fingerprint density at radius 2 is 2.32 bits per heavy atom. The van der Waals surface area contributed by atoms with Crippen LogP contribution in [0.3, 0.4) is 0 Å². The first-order valence-corrected chi connectivity index (χ1v) is 8.14. The Morgan fingerprint density at radius 3 is 3.16 bits per heavy atom. The van der Waals surface area contributed by atoms with Gasteiger partial charge in [-0.15, -0.1) is 0 Å². The van der Waals surface area contributed by atoms with Crippen molar-refractivity contribution in [2.75, 3.05) is 25.4 Å². The van der Waals surface area contributed by atoms with Crippen molar-refractivity contribution < 1.29 is 9.53 Å². The topological polar surface area (TPSA) is 41.9 Å². The second-order valence-electron chi connectivity index (χ2n) is 4.24. The molecule has 0 atom stereocenters. The van der Waals surface area contributed by atoms with Gasteiger partial charge in [0, 0.05) is 18.1 Å². The van der Waals surface area contributed by atoms with Crippen molar-refractivity contribution in [3.05, 3.63) is 29.8 Å². The summed E-state index contributed by atoms with van der Waals surface area (Å²) in [5.74, 6) is 1.84. The molecule has 1 fully saturated rings. The number of aliphatic imine (C=N–C) groups is 1. The monoisotopic (exact) mass is 294 g/mol. The van der Waals surface area contributed by atoms with E-state index < -0.39 is 0 Å². The van der Waals surface area contributed by atoms with Crippen LogP contribution in [0.5, 0.6) is 0 Å². The number of amides is 1. The molecule has 0 aromatic heterocycles. The van der Waals surface area contributed by atoms with Gasteiger partial charge in [0.2, 0.25) is 0 Å². The van der Waals surface area contributed by atoms with Gasteiger partial charge < -0.3 is 9.64 Å². The lowest BCUT2D eigenvalue weighted by Gasteiger charge is -2.15. The number of fused-ring (bicyclic) bond motifs is 1. The van der Waals surface area contributed by atoms with Crippen LogP contribution in [0.2, 0.25) is 0 Å². The highest BCUT2D eigenvalue weighted by Gasteiger charge is 2.21. The predicted molar refractivity (Wildman–Crippen MR) is 80.2 cm³/mol. The minimum atomic E-state index is -0.191. The summed E-state index contributed by atoms with van der Waals surface area (Å²) in [4.78, 5) is 17.7. The van der Waals surface area contributed by atoms with Crippen molar-refractivity contribution in [1.82, 2.24) is 4.90 Å². The Bertz CT molecular complexity index is 519. The largest absolute Gasteiger partial charge is 0.448 e. The van der Waals surface area contributed by atoms with Crippen LogP contribution in [0.25, 0.3) is 0 Å². The third-order valence-corrected chi connectivity index (χ3v) is 5.21. The van der Waals surface area contributed by atoms with Gasteiger partial charge in [0.15, 0.2) is 0 Å². The van der Waals surface area contributed by atoms with Gasteiger partial charge in [-0.25, -0.2) is 9.79 Å². The van der Waals surface area contributed by atoms with Gasteiger partial charge in [-0.05, 0) is 11.6 Å². The Morgan fingerprint density at radius 1 is 1.42 bits per heavy atom. The standard InChI is InChI=1S/C13H14N2O2S2/c16-13-15(5-7-17-13)6-8-18-12-14-11-4-2-1-3-10(11)9-19-12/h1-4H,5-9H2. The third kappa shape index (κ3) is 3.06. The number of carbonyl (C=O) groups is 1. The maximum absolute atomic E-state index is 11.3. The lowest BCUT2D eigenvalue weighted by molar-refractivity contribution is 0.160. The van der Waals surface area contributed by atoms with Gasteiger partial charge >= 0.3 is 6.09 Å². The van der Waals surface area contributed by atoms with Gasteiger partial charge in [-0.3, -0.25) is 0 Å². The second kappa shape index (κ2) is 5.88. The average Bonchev–Trinajstić information content (AvgIpc) is 2.84. The number of benzene rings is 1. The van der Waals surface area contributed by atoms with Crippen molar-refractivity contribution >= 4 is 39.7 Å². The SMILES string of the molecule is O=C1OCCN1CCSC1=Nc2ccccc2CS1. The van der Waals surface area contributed by atoms with E-state index in [1.165, 1.54) is 5.56 Å². The molecule has 1 saturated heterocycles. The van der Waals surface area contributed by atoms with E-state index in [4.69, 9.17) is 4.74 Å². The van der Waals surface area contributed by atoms with Gasteiger partial charge in [0.1, 0.15) is 11.0 Å². The summed E-state index contributed by atoms with van der Waals surface area (Å²) in [6, 6.07) is 8.23. The van der Waals surface area contributed by atoms with E-state index in [0.29, 0.717) is 13.2 Å². The van der Waals surface area contributed by atoms with E-state index in [2.05, 4.69) is 11.1 Å². The molecule has 19 heavy (non-hydrogen) atoms. The number of thioether (sulfide) groups is 2. The molecule has 4 nitrogen and oxygen atoms in total. The van der Waals surface area contributed by atoms with Crippen molar-refractivity contribution in [3.63, 3.8) is 0 Å². The fourth-order valence-electron chi connectivity index (χ4n) is 1.96. The molecule has 2 heterocycles. The molecule has 0 spiro atoms. The summed E-state index contributed by atoms with van der Waals surface area (Å²) in [7, 11) is 0. The minimum Gasteiger partial charge on any atom is -0.448 e. The highest BCUT2D eigenvalue weighted by Crippen LogP contribution is 2.34. The molecule has 0 unspecified atom stereocenters. The first kappa shape index (κ1) is 12.9. The smallest absolute Gasteiger partial charge is 0.409 e. The molecular weight excluding hydrogens is 280 g/mol. The summed E-state index contributed by atoms with van der Waals surface area (Å²) in [5.41, 5.74) is 2.37. The normalized spacial score (nSPS) is 18.0. The maximum atomic E-state index is 11.3. The molecule has 100 valence electrons. The predicted octanol–water partition coefficient (Wildman–Crippen LogP) is 3.11. The summed E-state index contributed by atoms with van der Waals surface area (Å²) in [5, 5.41) is 0. The van der Waals surface area contributed by atoms with Gasteiger partial charge in [0.05, 0.1) is 12.2 Å². The molecule has 1 aromatic carbocycles. The average molecular weight is 294 g/mol. The summed E-state index contributed by atoms with van der Waals surface area (Å²) in [6.07, 6.45) is -0.191. The highest BCUT2D eigenvalue weighted by molar-refractivity contribution is 8.38. The third-order valence-electron chi connectivity index (χ3n) is 2.99. The zero-order valence-electron chi connectivity index (χ0n) is 10.4. The molecule has 0 saturated carbocycles. The fraction of sp³-hybridized carbons (Fsp3) is 0.385. The van der Waals surface area contributed by atoms with E-state index in [0.717, 1.165) is 28.1 Å². The molecule has 2 aliphatic rings. The Balaban J connectivity index is 1.54. The zero-order valence-corrected chi connectivity index (χ0v) is 12.0. The van der Waals surface area contributed by atoms with Crippen molar-refractivity contribution in [2.45, 2.75) is 5.75 Å². The van der Waals surface area contributed by atoms with E-state index in [1.807, 2.05) is 18.2 Å². The van der Waals surface area contributed by atoms with Crippen LogP contribution in [-0.4, -0.2) is 40.8 Å². The van der Waals surface area contributed by atoms with Crippen LogP contribution >= 0.6 is 23.5 Å². The molecule has 0 aliphatic carbocycles. The number of hydrogen-bond acceptors (Lipinski definition) is 5. The van der Waals surface area contributed by atoms with E-state index in [-0.39, 0.29) is 6.09 Å². The molecule has 3 rings (SSSR count). The van der Waals surface area contributed by atoms with E-state index in [1.54, 1.807) is 28.4 Å². The van der Waals surface area contributed by atoms with Crippen LogP contribution in [-0.2, 0) is 10.5 Å². The lowest BCUT2D eigenvalue weighted by Crippen LogP contribution is -2.26. The summed E-state index contributed by atoms with van der Waals surface area (Å²) >= 11 is 3.48. The first-order chi connectivity index (χ1) is 9.33. The number of hydrogen-bond donors (Lipinski definition) is 0. The Labute approximate surface area is 120 Å². The van der Waals surface area contributed by atoms with Crippen LogP contribution < -0.4 is 0 Å². The fourth-order valence-corrected chi connectivity index (χ4v) is 4.05. The summed E-state index contributed by atoms with van der Waals surface area (Å²) in [6.45, 7) is 1.96. The molecule has 0 radical (unpaired) electrons. The Hall–Kier alpha value is -1.14. The van der Waals surface area contributed by atoms with Crippen LogP contribution in [0.4, 0.5) is 10.5 Å². The van der Waals surface area contributed by atoms with Gasteiger partial charge in [-0.2, -0.15) is 0 Å². The second-order valence-corrected chi connectivity index (χ2v) is 6.55. The Kier molecular flexibility index (Phi) is 3.98. The zero-order chi connectivity index (χ0) is 13.1. The van der Waals surface area contributed by atoms with E-state index in [9.17, 15) is 4.79 Å². The van der Waals surface area contributed by atoms with Gasteiger partial charge in [0.25, 0.3) is 0 Å². The summed E-state index contributed by atoms with van der Waals surface area (Å²) < 4.78 is 5.99.